The van der Waals surface area contributed by atoms with Crippen LogP contribution in [0.2, 0.25) is 0 Å². The number of benzene rings is 1. The van der Waals surface area contributed by atoms with E-state index in [0.717, 1.165) is 44.0 Å². The fraction of sp³-hybridized carbons (Fsp3) is 0.300. The Hall–Kier alpha value is -3.27. The van der Waals surface area contributed by atoms with E-state index >= 15 is 0 Å². The van der Waals surface area contributed by atoms with Gasteiger partial charge in [0.1, 0.15) is 5.69 Å². The van der Waals surface area contributed by atoms with E-state index in [1.165, 1.54) is 24.3 Å². The van der Waals surface area contributed by atoms with Crippen LogP contribution < -0.4 is 10.0 Å². The summed E-state index contributed by atoms with van der Waals surface area (Å²) in [5.74, 6) is -2.52. The van der Waals surface area contributed by atoms with Crippen LogP contribution in [0.4, 0.5) is 0 Å². The number of hydrogen-bond acceptors (Lipinski definition) is 6. The van der Waals surface area contributed by atoms with E-state index in [0.29, 0.717) is 12.1 Å². The maximum absolute atomic E-state index is 12.4. The molecule has 0 aliphatic heterocycles. The molecule has 0 radical (unpaired) electrons. The van der Waals surface area contributed by atoms with Gasteiger partial charge in [-0.15, -0.1) is 0 Å². The topological polar surface area (TPSA) is 143 Å². The SMILES string of the molecule is CCCCCCNC(=O)c1ccc(S(=O)(=O)NC(=O)c2ccc(C(=O)O)nc2)cc1. The summed E-state index contributed by atoms with van der Waals surface area (Å²) in [4.78, 5) is 38.4. The Bertz CT molecular complexity index is 1000. The molecule has 1 aromatic heterocycles. The van der Waals surface area contributed by atoms with Gasteiger partial charge in [-0.05, 0) is 42.8 Å². The summed E-state index contributed by atoms with van der Waals surface area (Å²) in [6, 6.07) is 7.45. The Morgan fingerprint density at radius 1 is 0.933 bits per heavy atom. The van der Waals surface area contributed by atoms with E-state index < -0.39 is 21.9 Å². The molecule has 2 rings (SSSR count). The molecule has 2 amide bonds. The standard InChI is InChI=1S/C20H23N3O6S/c1-2-3-4-5-12-21-18(24)14-6-9-16(10-7-14)30(28,29)23-19(25)15-8-11-17(20(26)27)22-13-15/h6-11,13H,2-5,12H2,1H3,(H,21,24)(H,23,25)(H,26,27). The highest BCUT2D eigenvalue weighted by Crippen LogP contribution is 2.12. The van der Waals surface area contributed by atoms with Crippen LogP contribution in [-0.2, 0) is 10.0 Å². The number of nitrogens with zero attached hydrogens (tertiary/aromatic N) is 1. The summed E-state index contributed by atoms with van der Waals surface area (Å²) in [5.41, 5.74) is -0.0690. The molecule has 160 valence electrons. The first-order valence-corrected chi connectivity index (χ1v) is 10.9. The minimum atomic E-state index is -4.18. The summed E-state index contributed by atoms with van der Waals surface area (Å²) < 4.78 is 26.7. The molecule has 0 saturated carbocycles. The average Bonchev–Trinajstić information content (AvgIpc) is 2.73. The monoisotopic (exact) mass is 433 g/mol. The zero-order chi connectivity index (χ0) is 22.1. The molecule has 30 heavy (non-hydrogen) atoms. The number of carboxylic acids is 1. The molecule has 1 heterocycles. The first-order chi connectivity index (χ1) is 14.2. The van der Waals surface area contributed by atoms with Crippen LogP contribution in [0, 0.1) is 0 Å². The van der Waals surface area contributed by atoms with E-state index in [-0.39, 0.29) is 22.1 Å². The zero-order valence-corrected chi connectivity index (χ0v) is 17.2. The van der Waals surface area contributed by atoms with Crippen molar-refractivity contribution >= 4 is 27.8 Å². The highest BCUT2D eigenvalue weighted by atomic mass is 32.2. The van der Waals surface area contributed by atoms with Gasteiger partial charge in [-0.2, -0.15) is 0 Å². The Labute approximate surface area is 174 Å². The van der Waals surface area contributed by atoms with Gasteiger partial charge in [0, 0.05) is 18.3 Å². The number of rotatable bonds is 10. The van der Waals surface area contributed by atoms with Crippen molar-refractivity contribution in [2.24, 2.45) is 0 Å². The Morgan fingerprint density at radius 2 is 1.60 bits per heavy atom. The number of sulfonamides is 1. The summed E-state index contributed by atoms with van der Waals surface area (Å²) in [5, 5.41) is 11.6. The summed E-state index contributed by atoms with van der Waals surface area (Å²) in [6.45, 7) is 2.65. The van der Waals surface area contributed by atoms with Gasteiger partial charge in [-0.3, -0.25) is 9.59 Å². The van der Waals surface area contributed by atoms with Gasteiger partial charge in [0.05, 0.1) is 10.5 Å². The number of carboxylic acid groups (broad SMARTS) is 1. The molecule has 0 bridgehead atoms. The highest BCUT2D eigenvalue weighted by Gasteiger charge is 2.20. The molecule has 0 spiro atoms. The summed E-state index contributed by atoms with van der Waals surface area (Å²) in [7, 11) is -4.18. The van der Waals surface area contributed by atoms with Crippen molar-refractivity contribution in [3.63, 3.8) is 0 Å². The van der Waals surface area contributed by atoms with Crippen molar-refractivity contribution in [3.8, 4) is 0 Å². The number of hydrogen-bond donors (Lipinski definition) is 3. The first-order valence-electron chi connectivity index (χ1n) is 9.39. The molecule has 1 aromatic carbocycles. The van der Waals surface area contributed by atoms with Crippen molar-refractivity contribution in [3.05, 3.63) is 59.4 Å². The second-order valence-corrected chi connectivity index (χ2v) is 8.20. The second kappa shape index (κ2) is 10.5. The molecule has 0 unspecified atom stereocenters. The minimum absolute atomic E-state index is 0.109. The van der Waals surface area contributed by atoms with Crippen LogP contribution >= 0.6 is 0 Å². The Morgan fingerprint density at radius 3 is 2.17 bits per heavy atom. The highest BCUT2D eigenvalue weighted by molar-refractivity contribution is 7.90. The van der Waals surface area contributed by atoms with E-state index in [1.807, 2.05) is 4.72 Å². The molecular weight excluding hydrogens is 410 g/mol. The lowest BCUT2D eigenvalue weighted by atomic mass is 10.2. The Kier molecular flexibility index (Phi) is 8.05. The fourth-order valence-electron chi connectivity index (χ4n) is 2.54. The third kappa shape index (κ3) is 6.38. The number of pyridine rings is 1. The maximum Gasteiger partial charge on any atom is 0.354 e. The van der Waals surface area contributed by atoms with Gasteiger partial charge < -0.3 is 10.4 Å². The number of unbranched alkanes of at least 4 members (excludes halogenated alkanes) is 3. The van der Waals surface area contributed by atoms with Crippen molar-refractivity contribution in [1.29, 1.82) is 0 Å². The van der Waals surface area contributed by atoms with E-state index in [1.54, 1.807) is 0 Å². The largest absolute Gasteiger partial charge is 0.477 e. The van der Waals surface area contributed by atoms with Crippen LogP contribution in [0.15, 0.2) is 47.5 Å². The lowest BCUT2D eigenvalue weighted by molar-refractivity contribution is 0.0689. The van der Waals surface area contributed by atoms with Crippen LogP contribution in [0.25, 0.3) is 0 Å². The van der Waals surface area contributed by atoms with Crippen molar-refractivity contribution in [1.82, 2.24) is 15.0 Å². The summed E-state index contributed by atoms with van der Waals surface area (Å²) >= 11 is 0. The molecular formula is C20H23N3O6S. The smallest absolute Gasteiger partial charge is 0.354 e. The number of amides is 2. The quantitative estimate of drug-likeness (QED) is 0.488. The number of nitrogens with one attached hydrogen (secondary N) is 2. The maximum atomic E-state index is 12.4. The zero-order valence-electron chi connectivity index (χ0n) is 16.4. The number of aromatic carboxylic acids is 1. The predicted molar refractivity (Wildman–Crippen MR) is 109 cm³/mol. The van der Waals surface area contributed by atoms with Crippen LogP contribution in [0.5, 0.6) is 0 Å². The third-order valence-electron chi connectivity index (χ3n) is 4.21. The van der Waals surface area contributed by atoms with Crippen molar-refractivity contribution < 1.29 is 27.9 Å². The molecule has 0 fully saturated rings. The van der Waals surface area contributed by atoms with Gasteiger partial charge in [0.2, 0.25) is 0 Å². The molecule has 0 aliphatic rings. The summed E-state index contributed by atoms with van der Waals surface area (Å²) in [6.07, 6.45) is 5.09. The van der Waals surface area contributed by atoms with Gasteiger partial charge in [0.25, 0.3) is 21.8 Å². The third-order valence-corrected chi connectivity index (χ3v) is 5.56. The predicted octanol–water partition coefficient (Wildman–Crippen LogP) is 2.21. The molecule has 2 aromatic rings. The first kappa shape index (κ1) is 23.0. The van der Waals surface area contributed by atoms with Gasteiger partial charge >= 0.3 is 5.97 Å². The van der Waals surface area contributed by atoms with Crippen molar-refractivity contribution in [2.45, 2.75) is 37.5 Å². The van der Waals surface area contributed by atoms with E-state index in [9.17, 15) is 22.8 Å². The van der Waals surface area contributed by atoms with Gasteiger partial charge in [-0.25, -0.2) is 22.9 Å². The minimum Gasteiger partial charge on any atom is -0.477 e. The molecule has 3 N–H and O–H groups in total. The van der Waals surface area contributed by atoms with Gasteiger partial charge in [-0.1, -0.05) is 26.2 Å². The lowest BCUT2D eigenvalue weighted by Gasteiger charge is -2.08. The van der Waals surface area contributed by atoms with E-state index in [2.05, 4.69) is 17.2 Å². The fourth-order valence-corrected chi connectivity index (χ4v) is 3.51. The number of carbonyl (C=O) groups is 3. The molecule has 0 saturated heterocycles. The average molecular weight is 433 g/mol. The van der Waals surface area contributed by atoms with Crippen LogP contribution in [-0.4, -0.2) is 42.8 Å². The Balaban J connectivity index is 1.99. The number of aromatic nitrogens is 1. The second-order valence-electron chi connectivity index (χ2n) is 6.51. The van der Waals surface area contributed by atoms with E-state index in [4.69, 9.17) is 5.11 Å². The number of carbonyl (C=O) groups excluding carboxylic acids is 2. The van der Waals surface area contributed by atoms with Crippen LogP contribution in [0.3, 0.4) is 0 Å². The molecule has 0 aliphatic carbocycles. The molecule has 0 atom stereocenters. The lowest BCUT2D eigenvalue weighted by Crippen LogP contribution is -2.31. The molecule has 9 nitrogen and oxygen atoms in total. The van der Waals surface area contributed by atoms with Crippen LogP contribution in [0.1, 0.15) is 63.8 Å². The normalized spacial score (nSPS) is 11.0. The van der Waals surface area contributed by atoms with Gasteiger partial charge in [0.15, 0.2) is 0 Å². The molecule has 10 heteroatoms. The van der Waals surface area contributed by atoms with Crippen molar-refractivity contribution in [2.75, 3.05) is 6.54 Å².